The molecule has 17 heavy (non-hydrogen) atoms. The van der Waals surface area contributed by atoms with Crippen LogP contribution in [-0.2, 0) is 0 Å². The Morgan fingerprint density at radius 1 is 1.35 bits per heavy atom. The lowest BCUT2D eigenvalue weighted by Crippen LogP contribution is -1.96. The third-order valence-corrected chi connectivity index (χ3v) is 3.38. The van der Waals surface area contributed by atoms with Crippen molar-refractivity contribution in [3.05, 3.63) is 71.8 Å². The molecule has 88 valence electrons. The monoisotopic (exact) mass is 226 g/mol. The van der Waals surface area contributed by atoms with Crippen molar-refractivity contribution in [2.75, 3.05) is 0 Å². The van der Waals surface area contributed by atoms with E-state index in [-0.39, 0.29) is 12.0 Å². The van der Waals surface area contributed by atoms with Crippen LogP contribution in [0.1, 0.15) is 35.1 Å². The number of hydrogen-bond acceptors (Lipinski definition) is 1. The summed E-state index contributed by atoms with van der Waals surface area (Å²) in [5.41, 5.74) is 4.60. The van der Waals surface area contributed by atoms with Crippen LogP contribution in [0.25, 0.3) is 0 Å². The second-order valence-electron chi connectivity index (χ2n) is 4.54. The molecule has 1 aliphatic rings. The highest BCUT2D eigenvalue weighted by Gasteiger charge is 2.30. The van der Waals surface area contributed by atoms with Crippen molar-refractivity contribution in [2.45, 2.75) is 25.4 Å². The lowest BCUT2D eigenvalue weighted by atomic mass is 9.92. The molecule has 2 rings (SSSR count). The molecule has 0 heterocycles. The van der Waals surface area contributed by atoms with Crippen molar-refractivity contribution in [3.63, 3.8) is 0 Å². The summed E-state index contributed by atoms with van der Waals surface area (Å²) in [6.07, 6.45) is 5.98. The summed E-state index contributed by atoms with van der Waals surface area (Å²) >= 11 is 0. The van der Waals surface area contributed by atoms with E-state index in [2.05, 4.69) is 31.4 Å². The zero-order chi connectivity index (χ0) is 12.4. The fourth-order valence-electron chi connectivity index (χ4n) is 2.56. The van der Waals surface area contributed by atoms with Crippen LogP contribution >= 0.6 is 0 Å². The summed E-state index contributed by atoms with van der Waals surface area (Å²) in [6.45, 7) is 9.61. The van der Waals surface area contributed by atoms with E-state index < -0.39 is 0 Å². The van der Waals surface area contributed by atoms with Gasteiger partial charge >= 0.3 is 0 Å². The lowest BCUT2D eigenvalue weighted by molar-refractivity contribution is 0.176. The normalized spacial score (nSPS) is 23.3. The van der Waals surface area contributed by atoms with E-state index in [9.17, 15) is 5.11 Å². The molecule has 0 amide bonds. The second-order valence-corrected chi connectivity index (χ2v) is 4.54. The molecule has 2 unspecified atom stereocenters. The van der Waals surface area contributed by atoms with Crippen molar-refractivity contribution < 1.29 is 5.11 Å². The number of aliphatic hydroxyl groups is 1. The molecule has 0 bridgehead atoms. The highest BCUT2D eigenvalue weighted by Crippen LogP contribution is 2.44. The zero-order valence-electron chi connectivity index (χ0n) is 10.2. The van der Waals surface area contributed by atoms with Gasteiger partial charge in [-0.05, 0) is 30.0 Å². The predicted octanol–water partition coefficient (Wildman–Crippen LogP) is 3.81. The van der Waals surface area contributed by atoms with Gasteiger partial charge in [-0.25, -0.2) is 0 Å². The van der Waals surface area contributed by atoms with Crippen LogP contribution < -0.4 is 0 Å². The zero-order valence-corrected chi connectivity index (χ0v) is 10.2. The number of aliphatic hydroxyl groups excluding tert-OH is 1. The summed E-state index contributed by atoms with van der Waals surface area (Å²) in [5, 5.41) is 10.1. The van der Waals surface area contributed by atoms with Crippen molar-refractivity contribution in [1.82, 2.24) is 0 Å². The van der Waals surface area contributed by atoms with Crippen molar-refractivity contribution in [2.24, 2.45) is 0 Å². The molecule has 0 aromatic heterocycles. The van der Waals surface area contributed by atoms with Gasteiger partial charge in [0, 0.05) is 5.92 Å². The van der Waals surface area contributed by atoms with Crippen molar-refractivity contribution >= 4 is 0 Å². The highest BCUT2D eigenvalue weighted by atomic mass is 16.3. The van der Waals surface area contributed by atoms with Gasteiger partial charge in [0.05, 0.1) is 6.10 Å². The summed E-state index contributed by atoms with van der Waals surface area (Å²) in [4.78, 5) is 0. The molecule has 0 fully saturated rings. The number of aryl methyl sites for hydroxylation is 1. The Morgan fingerprint density at radius 2 is 2.12 bits per heavy atom. The van der Waals surface area contributed by atoms with Gasteiger partial charge in [-0.3, -0.25) is 0 Å². The number of hydrogen-bond donors (Lipinski definition) is 1. The first-order valence-electron chi connectivity index (χ1n) is 5.91. The Morgan fingerprint density at radius 3 is 2.76 bits per heavy atom. The number of benzene rings is 1. The third-order valence-electron chi connectivity index (χ3n) is 3.38. The van der Waals surface area contributed by atoms with Crippen LogP contribution in [0.3, 0.4) is 0 Å². The quantitative estimate of drug-likeness (QED) is 0.777. The minimum atomic E-state index is -0.358. The first-order valence-corrected chi connectivity index (χ1v) is 5.91. The molecule has 1 nitrogen and oxygen atoms in total. The summed E-state index contributed by atoms with van der Waals surface area (Å²) < 4.78 is 0. The van der Waals surface area contributed by atoms with Crippen LogP contribution in [0.4, 0.5) is 0 Å². The predicted molar refractivity (Wildman–Crippen MR) is 72.0 cm³/mol. The fourth-order valence-corrected chi connectivity index (χ4v) is 2.56. The number of allylic oxidation sites excluding steroid dienone is 4. The summed E-state index contributed by atoms with van der Waals surface area (Å²) in [7, 11) is 0. The van der Waals surface area contributed by atoms with Crippen LogP contribution in [0.15, 0.2) is 55.2 Å². The Hall–Kier alpha value is -1.60. The van der Waals surface area contributed by atoms with Gasteiger partial charge in [0.15, 0.2) is 0 Å². The maximum atomic E-state index is 10.1. The van der Waals surface area contributed by atoms with E-state index in [0.717, 1.165) is 17.6 Å². The van der Waals surface area contributed by atoms with Gasteiger partial charge in [-0.1, -0.05) is 55.1 Å². The van der Waals surface area contributed by atoms with Crippen LogP contribution in [0.5, 0.6) is 0 Å². The molecular weight excluding hydrogens is 208 g/mol. The number of rotatable bonds is 3. The van der Waals surface area contributed by atoms with E-state index in [1.807, 2.05) is 19.1 Å². The molecule has 1 aromatic rings. The molecule has 1 aliphatic carbocycles. The van der Waals surface area contributed by atoms with Gasteiger partial charge in [0.1, 0.15) is 0 Å². The van der Waals surface area contributed by atoms with Crippen LogP contribution in [0.2, 0.25) is 0 Å². The first kappa shape index (κ1) is 11.9. The molecule has 0 spiro atoms. The maximum absolute atomic E-state index is 10.1. The van der Waals surface area contributed by atoms with E-state index >= 15 is 0 Å². The topological polar surface area (TPSA) is 20.2 Å². The average molecular weight is 226 g/mol. The molecule has 0 aliphatic heterocycles. The number of fused-ring (bicyclic) bond motifs is 1. The Bertz CT molecular complexity index is 482. The standard InChI is InChI=1S/C16H18O/c1-4-6-12(5-2)14-10-16(17)15-9-11(3)7-8-13(14)15/h4-9,14,16-17H,1-2,10H2,3H3/b12-6+. The molecule has 0 saturated heterocycles. The fraction of sp³-hybridized carbons (Fsp3) is 0.250. The Balaban J connectivity index is 2.46. The minimum Gasteiger partial charge on any atom is -0.388 e. The largest absolute Gasteiger partial charge is 0.388 e. The van der Waals surface area contributed by atoms with E-state index in [0.29, 0.717) is 0 Å². The van der Waals surface area contributed by atoms with E-state index in [4.69, 9.17) is 0 Å². The Labute approximate surface area is 103 Å². The van der Waals surface area contributed by atoms with Crippen LogP contribution in [-0.4, -0.2) is 5.11 Å². The molecular formula is C16H18O. The van der Waals surface area contributed by atoms with Gasteiger partial charge in [-0.15, -0.1) is 0 Å². The van der Waals surface area contributed by atoms with Crippen LogP contribution in [0, 0.1) is 6.92 Å². The van der Waals surface area contributed by atoms with Crippen molar-refractivity contribution in [1.29, 1.82) is 0 Å². The lowest BCUT2D eigenvalue weighted by Gasteiger charge is -2.12. The van der Waals surface area contributed by atoms with Gasteiger partial charge < -0.3 is 5.11 Å². The average Bonchev–Trinajstić information content (AvgIpc) is 2.63. The summed E-state index contributed by atoms with van der Waals surface area (Å²) in [6, 6.07) is 6.29. The molecule has 0 radical (unpaired) electrons. The molecule has 1 heteroatoms. The van der Waals surface area contributed by atoms with Gasteiger partial charge in [0.25, 0.3) is 0 Å². The SMILES string of the molecule is C=C/C=C(\C=C)C1CC(O)c2cc(C)ccc21. The van der Waals surface area contributed by atoms with Crippen molar-refractivity contribution in [3.8, 4) is 0 Å². The first-order chi connectivity index (χ1) is 8.17. The van der Waals surface area contributed by atoms with Gasteiger partial charge in [0.2, 0.25) is 0 Å². The molecule has 1 N–H and O–H groups in total. The summed E-state index contributed by atoms with van der Waals surface area (Å²) in [5.74, 6) is 0.246. The van der Waals surface area contributed by atoms with Gasteiger partial charge in [-0.2, -0.15) is 0 Å². The van der Waals surface area contributed by atoms with E-state index in [1.165, 1.54) is 11.1 Å². The maximum Gasteiger partial charge on any atom is 0.0802 e. The highest BCUT2D eigenvalue weighted by molar-refractivity contribution is 5.46. The van der Waals surface area contributed by atoms with E-state index in [1.54, 1.807) is 6.08 Å². The second kappa shape index (κ2) is 4.72. The smallest absolute Gasteiger partial charge is 0.0802 e. The minimum absolute atomic E-state index is 0.246. The molecule has 2 atom stereocenters. The molecule has 0 saturated carbocycles. The molecule has 1 aromatic carbocycles. The third kappa shape index (κ3) is 2.11. The Kier molecular flexibility index (Phi) is 3.30.